The zero-order valence-electron chi connectivity index (χ0n) is 13.5. The van der Waals surface area contributed by atoms with Gasteiger partial charge in [-0.1, -0.05) is 29.3 Å². The van der Waals surface area contributed by atoms with E-state index in [9.17, 15) is 9.59 Å². The van der Waals surface area contributed by atoms with Gasteiger partial charge < -0.3 is 10.2 Å². The largest absolute Gasteiger partial charge is 0.339 e. The Balaban J connectivity index is 1.55. The summed E-state index contributed by atoms with van der Waals surface area (Å²) in [6.07, 6.45) is 1.29. The second kappa shape index (κ2) is 7.89. The molecule has 3 rings (SSSR count). The van der Waals surface area contributed by atoms with Crippen LogP contribution in [0.2, 0.25) is 10.0 Å². The summed E-state index contributed by atoms with van der Waals surface area (Å²) < 4.78 is 0. The lowest BCUT2D eigenvalue weighted by Gasteiger charge is -2.31. The van der Waals surface area contributed by atoms with Crippen LogP contribution in [-0.4, -0.2) is 29.8 Å². The number of hydrogen-bond donors (Lipinski definition) is 1. The van der Waals surface area contributed by atoms with Gasteiger partial charge in [0.1, 0.15) is 0 Å². The van der Waals surface area contributed by atoms with Crippen LogP contribution in [-0.2, 0) is 4.79 Å². The summed E-state index contributed by atoms with van der Waals surface area (Å²) in [5.74, 6) is -0.153. The molecular weight excluding hydrogens is 359 g/mol. The van der Waals surface area contributed by atoms with Gasteiger partial charge in [-0.15, -0.1) is 0 Å². The number of piperidine rings is 1. The van der Waals surface area contributed by atoms with Gasteiger partial charge >= 0.3 is 0 Å². The standard InChI is InChI=1S/C19H18Cl2N2O2/c20-15-6-4-14(5-7-15)19(25)23-10-8-13(9-11-23)18(24)22-17-3-1-2-16(21)12-17/h1-7,12-13H,8-11H2,(H,22,24). The molecule has 1 heterocycles. The van der Waals surface area contributed by atoms with Gasteiger partial charge in [0.05, 0.1) is 0 Å². The highest BCUT2D eigenvalue weighted by Gasteiger charge is 2.27. The van der Waals surface area contributed by atoms with Crippen molar-refractivity contribution in [3.05, 3.63) is 64.1 Å². The summed E-state index contributed by atoms with van der Waals surface area (Å²) in [7, 11) is 0. The molecule has 0 saturated carbocycles. The monoisotopic (exact) mass is 376 g/mol. The fourth-order valence-electron chi connectivity index (χ4n) is 2.93. The molecule has 0 atom stereocenters. The van der Waals surface area contributed by atoms with E-state index in [0.717, 1.165) is 0 Å². The molecule has 1 saturated heterocycles. The summed E-state index contributed by atoms with van der Waals surface area (Å²) in [6, 6.07) is 14.0. The third-order valence-corrected chi connectivity index (χ3v) is 4.82. The van der Waals surface area contributed by atoms with Gasteiger partial charge in [0, 0.05) is 40.3 Å². The van der Waals surface area contributed by atoms with E-state index in [1.807, 2.05) is 6.07 Å². The van der Waals surface area contributed by atoms with Crippen LogP contribution in [0.4, 0.5) is 5.69 Å². The van der Waals surface area contributed by atoms with Crippen LogP contribution >= 0.6 is 23.2 Å². The molecule has 0 unspecified atom stereocenters. The molecule has 0 aromatic heterocycles. The number of anilines is 1. The Morgan fingerprint density at radius 3 is 2.28 bits per heavy atom. The fraction of sp³-hybridized carbons (Fsp3) is 0.263. The molecule has 4 nitrogen and oxygen atoms in total. The van der Waals surface area contributed by atoms with Crippen LogP contribution in [0.25, 0.3) is 0 Å². The van der Waals surface area contributed by atoms with E-state index in [0.29, 0.717) is 47.2 Å². The summed E-state index contributed by atoms with van der Waals surface area (Å²) in [6.45, 7) is 1.13. The van der Waals surface area contributed by atoms with Gasteiger partial charge in [0.15, 0.2) is 0 Å². The lowest BCUT2D eigenvalue weighted by molar-refractivity contribution is -0.121. The van der Waals surface area contributed by atoms with Crippen molar-refractivity contribution in [2.75, 3.05) is 18.4 Å². The molecule has 2 aromatic rings. The summed E-state index contributed by atoms with van der Waals surface area (Å²) in [5.41, 5.74) is 1.31. The second-order valence-corrected chi connectivity index (χ2v) is 6.95. The number of carbonyl (C=O) groups excluding carboxylic acids is 2. The predicted molar refractivity (Wildman–Crippen MR) is 100 cm³/mol. The minimum atomic E-state index is -0.103. The Morgan fingerprint density at radius 2 is 1.64 bits per heavy atom. The lowest BCUT2D eigenvalue weighted by atomic mass is 9.95. The Bertz CT molecular complexity index is 769. The maximum atomic E-state index is 12.5. The van der Waals surface area contributed by atoms with Gasteiger partial charge in [-0.3, -0.25) is 9.59 Å². The zero-order valence-corrected chi connectivity index (χ0v) is 15.1. The average Bonchev–Trinajstić information content (AvgIpc) is 2.62. The number of amides is 2. The highest BCUT2D eigenvalue weighted by Crippen LogP contribution is 2.22. The van der Waals surface area contributed by atoms with Crippen LogP contribution < -0.4 is 5.32 Å². The van der Waals surface area contributed by atoms with E-state index < -0.39 is 0 Å². The number of rotatable bonds is 3. The Hall–Kier alpha value is -2.04. The van der Waals surface area contributed by atoms with Crippen molar-refractivity contribution < 1.29 is 9.59 Å². The molecule has 2 aromatic carbocycles. The maximum Gasteiger partial charge on any atom is 0.253 e. The Kier molecular flexibility index (Phi) is 5.61. The van der Waals surface area contributed by atoms with Crippen molar-refractivity contribution in [3.63, 3.8) is 0 Å². The molecular formula is C19H18Cl2N2O2. The van der Waals surface area contributed by atoms with Gasteiger partial charge in [-0.05, 0) is 55.3 Å². The molecule has 2 amide bonds. The first-order valence-electron chi connectivity index (χ1n) is 8.14. The first kappa shape index (κ1) is 17.8. The number of nitrogens with zero attached hydrogens (tertiary/aromatic N) is 1. The SMILES string of the molecule is O=C(Nc1cccc(Cl)c1)C1CCN(C(=O)c2ccc(Cl)cc2)CC1. The average molecular weight is 377 g/mol. The topological polar surface area (TPSA) is 49.4 Å². The van der Waals surface area contributed by atoms with Crippen molar-refractivity contribution in [3.8, 4) is 0 Å². The van der Waals surface area contributed by atoms with E-state index in [1.54, 1.807) is 47.4 Å². The first-order chi connectivity index (χ1) is 12.0. The van der Waals surface area contributed by atoms with Crippen molar-refractivity contribution in [2.45, 2.75) is 12.8 Å². The summed E-state index contributed by atoms with van der Waals surface area (Å²) in [5, 5.41) is 4.08. The fourth-order valence-corrected chi connectivity index (χ4v) is 3.25. The number of carbonyl (C=O) groups is 2. The van der Waals surface area contributed by atoms with E-state index in [1.165, 1.54) is 0 Å². The molecule has 0 spiro atoms. The predicted octanol–water partition coefficient (Wildman–Crippen LogP) is 4.48. The van der Waals surface area contributed by atoms with Crippen molar-refractivity contribution in [1.29, 1.82) is 0 Å². The minimum absolute atomic E-state index is 0.0228. The third-order valence-electron chi connectivity index (χ3n) is 4.34. The maximum absolute atomic E-state index is 12.5. The zero-order chi connectivity index (χ0) is 17.8. The van der Waals surface area contributed by atoms with Gasteiger partial charge in [0.25, 0.3) is 5.91 Å². The molecule has 1 aliphatic rings. The number of likely N-dealkylation sites (tertiary alicyclic amines) is 1. The molecule has 130 valence electrons. The molecule has 0 aliphatic carbocycles. The van der Waals surface area contributed by atoms with Crippen molar-refractivity contribution in [2.24, 2.45) is 5.92 Å². The summed E-state index contributed by atoms with van der Waals surface area (Å²) >= 11 is 11.8. The van der Waals surface area contributed by atoms with Gasteiger partial charge in [-0.2, -0.15) is 0 Å². The molecule has 0 bridgehead atoms. The van der Waals surface area contributed by atoms with E-state index >= 15 is 0 Å². The number of nitrogens with one attached hydrogen (secondary N) is 1. The van der Waals surface area contributed by atoms with Crippen LogP contribution in [0.1, 0.15) is 23.2 Å². The molecule has 1 fully saturated rings. The lowest BCUT2D eigenvalue weighted by Crippen LogP contribution is -2.41. The molecule has 0 radical (unpaired) electrons. The second-order valence-electron chi connectivity index (χ2n) is 6.07. The molecule has 1 N–H and O–H groups in total. The minimum Gasteiger partial charge on any atom is -0.339 e. The Labute approximate surface area is 156 Å². The van der Waals surface area contributed by atoms with Crippen LogP contribution in [0, 0.1) is 5.92 Å². The highest BCUT2D eigenvalue weighted by atomic mass is 35.5. The third kappa shape index (κ3) is 4.53. The van der Waals surface area contributed by atoms with E-state index in [-0.39, 0.29) is 17.7 Å². The number of halogens is 2. The van der Waals surface area contributed by atoms with Crippen molar-refractivity contribution >= 4 is 40.7 Å². The first-order valence-corrected chi connectivity index (χ1v) is 8.90. The quantitative estimate of drug-likeness (QED) is 0.857. The normalized spacial score (nSPS) is 15.0. The molecule has 6 heteroatoms. The number of benzene rings is 2. The molecule has 25 heavy (non-hydrogen) atoms. The van der Waals surface area contributed by atoms with Crippen LogP contribution in [0.5, 0.6) is 0 Å². The molecule has 1 aliphatic heterocycles. The van der Waals surface area contributed by atoms with Gasteiger partial charge in [0.2, 0.25) is 5.91 Å². The van der Waals surface area contributed by atoms with E-state index in [2.05, 4.69) is 5.32 Å². The number of hydrogen-bond acceptors (Lipinski definition) is 2. The highest BCUT2D eigenvalue weighted by molar-refractivity contribution is 6.31. The van der Waals surface area contributed by atoms with Crippen LogP contribution in [0.3, 0.4) is 0 Å². The van der Waals surface area contributed by atoms with Crippen LogP contribution in [0.15, 0.2) is 48.5 Å². The summed E-state index contributed by atoms with van der Waals surface area (Å²) in [4.78, 5) is 26.7. The van der Waals surface area contributed by atoms with Crippen molar-refractivity contribution in [1.82, 2.24) is 4.90 Å². The van der Waals surface area contributed by atoms with E-state index in [4.69, 9.17) is 23.2 Å². The van der Waals surface area contributed by atoms with Gasteiger partial charge in [-0.25, -0.2) is 0 Å². The Morgan fingerprint density at radius 1 is 0.960 bits per heavy atom. The smallest absolute Gasteiger partial charge is 0.253 e.